The van der Waals surface area contributed by atoms with Crippen molar-refractivity contribution >= 4 is 44.8 Å². The molecule has 1 N–H and O–H groups in total. The van der Waals surface area contributed by atoms with E-state index in [1.807, 2.05) is 35.7 Å². The average Bonchev–Trinajstić information content (AvgIpc) is 3.18. The number of hydrogen-bond acceptors (Lipinski definition) is 4. The van der Waals surface area contributed by atoms with Gasteiger partial charge in [0.1, 0.15) is 12.3 Å². The number of nitrogens with one attached hydrogen (secondary N) is 1. The molecule has 3 aromatic rings. The maximum absolute atomic E-state index is 13.4. The Morgan fingerprint density at radius 2 is 2.00 bits per heavy atom. The quantitative estimate of drug-likeness (QED) is 0.620. The van der Waals surface area contributed by atoms with Crippen molar-refractivity contribution in [3.05, 3.63) is 80.5 Å². The number of halogens is 1. The minimum absolute atomic E-state index is 0.0280. The lowest BCUT2D eigenvalue weighted by Crippen LogP contribution is -2.38. The number of hydrogen-bond donors (Lipinski definition) is 1. The number of ether oxygens (including phenoxy) is 1. The molecule has 1 aromatic heterocycles. The number of thiophene rings is 1. The number of carbonyl (C=O) groups is 2. The van der Waals surface area contributed by atoms with Gasteiger partial charge in [-0.15, -0.1) is 11.3 Å². The van der Waals surface area contributed by atoms with Crippen molar-refractivity contribution in [3.63, 3.8) is 0 Å². The van der Waals surface area contributed by atoms with E-state index in [1.165, 1.54) is 0 Å². The molecule has 0 bridgehead atoms. The predicted octanol–water partition coefficient (Wildman–Crippen LogP) is 4.70. The molecule has 0 spiro atoms. The summed E-state index contributed by atoms with van der Waals surface area (Å²) < 4.78 is 6.07. The number of benzene rings is 2. The molecule has 2 heterocycles. The van der Waals surface area contributed by atoms with Crippen molar-refractivity contribution in [1.29, 1.82) is 0 Å². The van der Waals surface area contributed by atoms with Gasteiger partial charge in [-0.2, -0.15) is 0 Å². The summed E-state index contributed by atoms with van der Waals surface area (Å²) in [4.78, 5) is 28.6. The van der Waals surface area contributed by atoms with E-state index in [0.717, 1.165) is 20.6 Å². The predicted molar refractivity (Wildman–Crippen MR) is 113 cm³/mol. The van der Waals surface area contributed by atoms with Crippen LogP contribution in [0.2, 0.25) is 0 Å². The van der Waals surface area contributed by atoms with E-state index in [1.54, 1.807) is 47.6 Å². The molecule has 142 valence electrons. The zero-order valence-electron chi connectivity index (χ0n) is 15.0. The van der Waals surface area contributed by atoms with E-state index >= 15 is 0 Å². The van der Waals surface area contributed by atoms with Crippen LogP contribution in [0.3, 0.4) is 0 Å². The highest BCUT2D eigenvalue weighted by atomic mass is 79.9. The van der Waals surface area contributed by atoms with Gasteiger partial charge < -0.3 is 15.0 Å². The summed E-state index contributed by atoms with van der Waals surface area (Å²) in [5.74, 6) is 0.253. The summed E-state index contributed by atoms with van der Waals surface area (Å²) in [5.41, 5.74) is 2.11. The van der Waals surface area contributed by atoms with E-state index in [0.29, 0.717) is 11.3 Å². The molecule has 0 fully saturated rings. The largest absolute Gasteiger partial charge is 0.497 e. The molecule has 7 heteroatoms. The van der Waals surface area contributed by atoms with Gasteiger partial charge in [0.25, 0.3) is 5.91 Å². The number of anilines is 1. The number of rotatable bonds is 3. The van der Waals surface area contributed by atoms with Gasteiger partial charge in [-0.05, 0) is 53.9 Å². The van der Waals surface area contributed by atoms with E-state index in [-0.39, 0.29) is 24.4 Å². The van der Waals surface area contributed by atoms with Gasteiger partial charge in [0.05, 0.1) is 13.2 Å². The third-order valence-electron chi connectivity index (χ3n) is 4.62. The first kappa shape index (κ1) is 18.7. The number of nitrogens with zero attached hydrogens (tertiary/aromatic N) is 1. The van der Waals surface area contributed by atoms with Crippen LogP contribution in [0.5, 0.6) is 5.75 Å². The molecule has 28 heavy (non-hydrogen) atoms. The molecular formula is C21H17BrN2O3S. The van der Waals surface area contributed by atoms with Gasteiger partial charge in [0.2, 0.25) is 5.91 Å². The minimum atomic E-state index is -0.360. The molecule has 0 saturated heterocycles. The Labute approximate surface area is 175 Å². The minimum Gasteiger partial charge on any atom is -0.497 e. The molecule has 1 aliphatic heterocycles. The number of carbonyl (C=O) groups excluding carboxylic acids is 2. The average molecular weight is 457 g/mol. The fourth-order valence-corrected chi connectivity index (χ4v) is 4.55. The van der Waals surface area contributed by atoms with Crippen LogP contribution in [0, 0.1) is 0 Å². The summed E-state index contributed by atoms with van der Waals surface area (Å²) in [6.07, 6.45) is 0. The fourth-order valence-electron chi connectivity index (χ4n) is 3.32. The highest BCUT2D eigenvalue weighted by molar-refractivity contribution is 9.10. The molecule has 1 unspecified atom stereocenters. The molecule has 2 amide bonds. The molecule has 1 aliphatic rings. The molecule has 0 saturated carbocycles. The standard InChI is InChI=1S/C21H17BrN2O3S/c1-27-15-7-4-13(5-8-15)21(26)24-12-19(25)23-17-9-6-14(22)11-16(17)20(24)18-3-2-10-28-18/h2-11,20H,12H2,1H3,(H,23,25). The smallest absolute Gasteiger partial charge is 0.255 e. The molecule has 5 nitrogen and oxygen atoms in total. The second-order valence-electron chi connectivity index (χ2n) is 6.36. The van der Waals surface area contributed by atoms with Gasteiger partial charge in [-0.3, -0.25) is 9.59 Å². The number of methoxy groups -OCH3 is 1. The van der Waals surface area contributed by atoms with E-state index < -0.39 is 0 Å². The third-order valence-corrected chi connectivity index (χ3v) is 6.04. The van der Waals surface area contributed by atoms with Gasteiger partial charge in [0.15, 0.2) is 0 Å². The lowest BCUT2D eigenvalue weighted by molar-refractivity contribution is -0.117. The monoisotopic (exact) mass is 456 g/mol. The van der Waals surface area contributed by atoms with Gasteiger partial charge >= 0.3 is 0 Å². The van der Waals surface area contributed by atoms with Crippen molar-refractivity contribution in [3.8, 4) is 5.75 Å². The zero-order chi connectivity index (χ0) is 19.7. The van der Waals surface area contributed by atoms with Crippen LogP contribution in [0.25, 0.3) is 0 Å². The zero-order valence-corrected chi connectivity index (χ0v) is 17.4. The Kier molecular flexibility index (Phi) is 5.19. The van der Waals surface area contributed by atoms with E-state index in [2.05, 4.69) is 21.2 Å². The molecule has 4 rings (SSSR count). The number of amides is 2. The Morgan fingerprint density at radius 3 is 2.68 bits per heavy atom. The Hall–Kier alpha value is -2.64. The summed E-state index contributed by atoms with van der Waals surface area (Å²) in [5, 5.41) is 4.90. The third kappa shape index (κ3) is 3.55. The second-order valence-corrected chi connectivity index (χ2v) is 8.25. The first-order chi connectivity index (χ1) is 13.6. The van der Waals surface area contributed by atoms with Crippen molar-refractivity contribution < 1.29 is 14.3 Å². The topological polar surface area (TPSA) is 58.6 Å². The normalized spacial score (nSPS) is 16.1. The van der Waals surface area contributed by atoms with Gasteiger partial charge in [-0.1, -0.05) is 22.0 Å². The van der Waals surface area contributed by atoms with Gasteiger partial charge in [0, 0.05) is 26.2 Å². The fraction of sp³-hybridized carbons (Fsp3) is 0.143. The molecule has 2 aromatic carbocycles. The lowest BCUT2D eigenvalue weighted by atomic mass is 10.0. The molecule has 0 aliphatic carbocycles. The summed E-state index contributed by atoms with van der Waals surface area (Å²) >= 11 is 5.08. The highest BCUT2D eigenvalue weighted by Gasteiger charge is 2.34. The first-order valence-electron chi connectivity index (χ1n) is 8.64. The first-order valence-corrected chi connectivity index (χ1v) is 10.3. The Balaban J connectivity index is 1.83. The van der Waals surface area contributed by atoms with E-state index in [9.17, 15) is 9.59 Å². The van der Waals surface area contributed by atoms with Crippen LogP contribution in [-0.4, -0.2) is 30.4 Å². The van der Waals surface area contributed by atoms with Crippen LogP contribution in [0.15, 0.2) is 64.5 Å². The molecule has 1 atom stereocenters. The van der Waals surface area contributed by atoms with Crippen LogP contribution < -0.4 is 10.1 Å². The summed E-state index contributed by atoms with van der Waals surface area (Å²) in [6.45, 7) is -0.0280. The Bertz CT molecular complexity index is 1020. The summed E-state index contributed by atoms with van der Waals surface area (Å²) in [6, 6.07) is 16.2. The van der Waals surface area contributed by atoms with Crippen LogP contribution >= 0.6 is 27.3 Å². The number of fused-ring (bicyclic) bond motifs is 1. The van der Waals surface area contributed by atoms with Crippen molar-refractivity contribution in [2.24, 2.45) is 0 Å². The van der Waals surface area contributed by atoms with Crippen LogP contribution in [0.4, 0.5) is 5.69 Å². The van der Waals surface area contributed by atoms with Crippen molar-refractivity contribution in [2.45, 2.75) is 6.04 Å². The second kappa shape index (κ2) is 7.77. The van der Waals surface area contributed by atoms with Crippen molar-refractivity contribution in [1.82, 2.24) is 4.90 Å². The SMILES string of the molecule is COc1ccc(C(=O)N2CC(=O)Nc3ccc(Br)cc3C2c2cccs2)cc1. The maximum Gasteiger partial charge on any atom is 0.255 e. The maximum atomic E-state index is 13.4. The van der Waals surface area contributed by atoms with Crippen LogP contribution in [0.1, 0.15) is 26.8 Å². The van der Waals surface area contributed by atoms with Crippen LogP contribution in [-0.2, 0) is 4.79 Å². The lowest BCUT2D eigenvalue weighted by Gasteiger charge is -2.29. The Morgan fingerprint density at radius 1 is 1.21 bits per heavy atom. The van der Waals surface area contributed by atoms with E-state index in [4.69, 9.17) is 4.74 Å². The molecule has 0 radical (unpaired) electrons. The molecular weight excluding hydrogens is 440 g/mol. The highest BCUT2D eigenvalue weighted by Crippen LogP contribution is 2.39. The summed E-state index contributed by atoms with van der Waals surface area (Å²) in [7, 11) is 1.58. The van der Waals surface area contributed by atoms with Gasteiger partial charge in [-0.25, -0.2) is 0 Å². The van der Waals surface area contributed by atoms with Crippen molar-refractivity contribution in [2.75, 3.05) is 19.0 Å².